The van der Waals surface area contributed by atoms with Crippen LogP contribution in [0.1, 0.15) is 66.2 Å². The first kappa shape index (κ1) is 24.1. The van der Waals surface area contributed by atoms with Crippen LogP contribution in [0, 0.1) is 34.5 Å². The Hall–Kier alpha value is -1.57. The quantitative estimate of drug-likeness (QED) is 0.623. The van der Waals surface area contributed by atoms with E-state index in [1.54, 1.807) is 13.0 Å². The van der Waals surface area contributed by atoms with E-state index in [2.05, 4.69) is 13.8 Å². The third kappa shape index (κ3) is 2.78. The number of carboxylic acid groups (broad SMARTS) is 1. The minimum Gasteiger partial charge on any atom is -0.479 e. The van der Waals surface area contributed by atoms with Crippen LogP contribution in [-0.2, 0) is 14.4 Å². The number of hydrogen-bond donors (Lipinski definition) is 2. The van der Waals surface area contributed by atoms with Gasteiger partial charge in [0, 0.05) is 35.8 Å². The molecule has 2 N–H and O–H groups in total. The molecule has 0 radical (unpaired) electrons. The summed E-state index contributed by atoms with van der Waals surface area (Å²) in [7, 11) is 0. The van der Waals surface area contributed by atoms with E-state index >= 15 is 4.39 Å². The maximum absolute atomic E-state index is 17.3. The summed E-state index contributed by atoms with van der Waals surface area (Å²) in [5.41, 5.74) is -4.63. The van der Waals surface area contributed by atoms with Gasteiger partial charge in [0.2, 0.25) is 0 Å². The molecule has 4 aliphatic carbocycles. The lowest BCUT2D eigenvalue weighted by Crippen LogP contribution is -2.69. The number of aliphatic hydroxyl groups excluding tert-OH is 1. The Morgan fingerprint density at radius 3 is 2.65 bits per heavy atom. The molecule has 5 rings (SSSR count). The van der Waals surface area contributed by atoms with Gasteiger partial charge < -0.3 is 10.2 Å². The Bertz CT molecular complexity index is 961. The molecule has 8 atom stereocenters. The zero-order valence-corrected chi connectivity index (χ0v) is 20.7. The number of carbonyl (C=O) groups excluding carboxylic acids is 1. The van der Waals surface area contributed by atoms with Crippen LogP contribution in [0.15, 0.2) is 23.8 Å². The molecule has 0 aromatic rings. The van der Waals surface area contributed by atoms with E-state index in [9.17, 15) is 19.8 Å². The van der Waals surface area contributed by atoms with E-state index in [0.717, 1.165) is 18.4 Å². The van der Waals surface area contributed by atoms with Crippen LogP contribution in [-0.4, -0.2) is 57.5 Å². The van der Waals surface area contributed by atoms with Gasteiger partial charge in [-0.05, 0) is 56.6 Å². The maximum Gasteiger partial charge on any atom is 0.339 e. The highest BCUT2D eigenvalue weighted by Crippen LogP contribution is 2.72. The number of aliphatic carboxylic acids is 1. The second-order valence-electron chi connectivity index (χ2n) is 11.9. The summed E-state index contributed by atoms with van der Waals surface area (Å²) in [6.45, 7) is 9.16. The minimum absolute atomic E-state index is 0.0247. The van der Waals surface area contributed by atoms with Crippen molar-refractivity contribution in [2.45, 2.75) is 83.6 Å². The molecular weight excluding hydrogens is 437 g/mol. The van der Waals surface area contributed by atoms with E-state index in [-0.39, 0.29) is 24.0 Å². The largest absolute Gasteiger partial charge is 0.479 e. The third-order valence-electron chi connectivity index (χ3n) is 10.6. The Kier molecular flexibility index (Phi) is 5.48. The number of halogens is 1. The van der Waals surface area contributed by atoms with E-state index < -0.39 is 40.1 Å². The van der Waals surface area contributed by atoms with E-state index in [0.29, 0.717) is 38.3 Å². The summed E-state index contributed by atoms with van der Waals surface area (Å²) in [4.78, 5) is 31.3. The molecule has 0 bridgehead atoms. The number of carboxylic acids is 1. The fourth-order valence-corrected chi connectivity index (χ4v) is 8.63. The van der Waals surface area contributed by atoms with Gasteiger partial charge in [-0.25, -0.2) is 9.18 Å². The molecule has 5 aliphatic rings. The number of hydrogen-bond acceptors (Lipinski definition) is 5. The van der Waals surface area contributed by atoms with Crippen molar-refractivity contribution in [1.82, 2.24) is 5.06 Å². The van der Waals surface area contributed by atoms with Crippen molar-refractivity contribution in [3.8, 4) is 0 Å². The second kappa shape index (κ2) is 7.71. The summed E-state index contributed by atoms with van der Waals surface area (Å²) < 4.78 is 17.3. The predicted molar refractivity (Wildman–Crippen MR) is 124 cm³/mol. The number of allylic oxidation sites excluding steroid dienone is 4. The van der Waals surface area contributed by atoms with Gasteiger partial charge in [0.25, 0.3) is 0 Å². The summed E-state index contributed by atoms with van der Waals surface area (Å²) >= 11 is 0. The van der Waals surface area contributed by atoms with Crippen LogP contribution in [0.2, 0.25) is 0 Å². The maximum atomic E-state index is 17.3. The van der Waals surface area contributed by atoms with Gasteiger partial charge in [0.15, 0.2) is 17.1 Å². The molecule has 7 heteroatoms. The molecule has 1 saturated heterocycles. The molecule has 188 valence electrons. The number of aliphatic hydroxyl groups is 1. The minimum atomic E-state index is -1.95. The number of ketones is 1. The summed E-state index contributed by atoms with van der Waals surface area (Å²) in [5, 5.41) is 23.9. The summed E-state index contributed by atoms with van der Waals surface area (Å²) in [6.07, 6.45) is 6.89. The number of fused-ring (bicyclic) bond motifs is 7. The number of nitrogens with zero attached hydrogens (tertiary/aromatic N) is 1. The average molecular weight is 476 g/mol. The van der Waals surface area contributed by atoms with E-state index in [1.165, 1.54) is 12.2 Å². The first-order chi connectivity index (χ1) is 16.0. The highest BCUT2D eigenvalue weighted by molar-refractivity contribution is 6.01. The molecule has 0 unspecified atom stereocenters. The third-order valence-corrected chi connectivity index (χ3v) is 10.6. The zero-order valence-electron chi connectivity index (χ0n) is 20.7. The van der Waals surface area contributed by atoms with Crippen molar-refractivity contribution in [3.05, 3.63) is 23.8 Å². The fourth-order valence-electron chi connectivity index (χ4n) is 8.63. The van der Waals surface area contributed by atoms with Crippen molar-refractivity contribution < 1.29 is 29.0 Å². The molecule has 1 aliphatic heterocycles. The number of alkyl halides is 1. The van der Waals surface area contributed by atoms with Crippen molar-refractivity contribution in [3.63, 3.8) is 0 Å². The molecule has 4 fully saturated rings. The first-order valence-corrected chi connectivity index (χ1v) is 13.0. The fraction of sp³-hybridized carbons (Fsp3) is 0.778. The Labute approximate surface area is 201 Å². The van der Waals surface area contributed by atoms with Crippen LogP contribution < -0.4 is 0 Å². The Morgan fingerprint density at radius 2 is 2.00 bits per heavy atom. The van der Waals surface area contributed by atoms with Gasteiger partial charge >= 0.3 is 5.97 Å². The van der Waals surface area contributed by atoms with Crippen molar-refractivity contribution >= 4 is 11.8 Å². The lowest BCUT2D eigenvalue weighted by Gasteiger charge is -2.62. The molecule has 0 aromatic heterocycles. The average Bonchev–Trinajstić information content (AvgIpc) is 3.26. The monoisotopic (exact) mass is 475 g/mol. The summed E-state index contributed by atoms with van der Waals surface area (Å²) in [6, 6.07) is 0. The first-order valence-electron chi connectivity index (χ1n) is 13.0. The molecular formula is C27H38FNO5. The van der Waals surface area contributed by atoms with Crippen molar-refractivity contribution in [2.24, 2.45) is 34.5 Å². The van der Waals surface area contributed by atoms with Crippen LogP contribution in [0.4, 0.5) is 4.39 Å². The topological polar surface area (TPSA) is 87.1 Å². The van der Waals surface area contributed by atoms with Crippen molar-refractivity contribution in [2.75, 3.05) is 13.1 Å². The Balaban J connectivity index is 1.53. The van der Waals surface area contributed by atoms with Gasteiger partial charge in [0.1, 0.15) is 0 Å². The van der Waals surface area contributed by atoms with Gasteiger partial charge in [-0.15, -0.1) is 0 Å². The van der Waals surface area contributed by atoms with Gasteiger partial charge in [-0.3, -0.25) is 9.63 Å². The molecule has 6 nitrogen and oxygen atoms in total. The highest BCUT2D eigenvalue weighted by Gasteiger charge is 2.79. The molecule has 0 aromatic carbocycles. The molecule has 34 heavy (non-hydrogen) atoms. The van der Waals surface area contributed by atoms with Crippen LogP contribution >= 0.6 is 0 Å². The highest BCUT2D eigenvalue weighted by atomic mass is 19.1. The second-order valence-corrected chi connectivity index (χ2v) is 11.9. The normalized spacial score (nSPS) is 47.7. The molecule has 0 amide bonds. The number of rotatable bonds is 5. The number of carbonyl (C=O) groups is 2. The molecule has 3 saturated carbocycles. The standard InChI is InChI=1S/C27H38FNO5/c1-5-16(6-2)14-29-15-18-12-21-20-8-7-17-11-19(30)9-10-24(17,3)26(20,28)22(31)13-25(21,4)27(18,34-29)23(32)33/h9-11,16,18,20-22,31H,5-8,12-15H2,1-4H3,(H,32,33)/t18-,20-,21-,22-,24-,25-,26-,27-/m0/s1. The van der Waals surface area contributed by atoms with Gasteiger partial charge in [-0.1, -0.05) is 45.3 Å². The van der Waals surface area contributed by atoms with Crippen molar-refractivity contribution in [1.29, 1.82) is 0 Å². The zero-order chi connectivity index (χ0) is 24.7. The Morgan fingerprint density at radius 1 is 1.29 bits per heavy atom. The summed E-state index contributed by atoms with van der Waals surface area (Å²) in [5.74, 6) is -1.69. The van der Waals surface area contributed by atoms with Crippen LogP contribution in [0.3, 0.4) is 0 Å². The molecule has 0 spiro atoms. The van der Waals surface area contributed by atoms with E-state index in [4.69, 9.17) is 4.84 Å². The lowest BCUT2D eigenvalue weighted by atomic mass is 9.45. The van der Waals surface area contributed by atoms with Crippen LogP contribution in [0.5, 0.6) is 0 Å². The van der Waals surface area contributed by atoms with E-state index in [1.807, 2.05) is 12.0 Å². The lowest BCUT2D eigenvalue weighted by molar-refractivity contribution is -0.273. The van der Waals surface area contributed by atoms with Gasteiger partial charge in [0.05, 0.1) is 6.10 Å². The molecule has 1 heterocycles. The predicted octanol–water partition coefficient (Wildman–Crippen LogP) is 4.09. The van der Waals surface area contributed by atoms with Gasteiger partial charge in [-0.2, -0.15) is 5.06 Å². The number of hydroxylamine groups is 2. The SMILES string of the molecule is CCC(CC)CN1C[C@@H]2C[C@H]3[C@@H]4CCC5=CC(=O)C=C[C@]5(C)[C@@]4(F)[C@@H](O)C[C@]3(C)[C@]2(C(=O)O)O1. The van der Waals surface area contributed by atoms with Crippen LogP contribution in [0.25, 0.3) is 0 Å². The smallest absolute Gasteiger partial charge is 0.339 e.